The molecule has 0 amide bonds. The van der Waals surface area contributed by atoms with Crippen LogP contribution in [0.3, 0.4) is 0 Å². The van der Waals surface area contributed by atoms with Crippen LogP contribution in [0.25, 0.3) is 11.3 Å². The number of hydrogen-bond acceptors (Lipinski definition) is 5. The lowest BCUT2D eigenvalue weighted by Crippen LogP contribution is -2.20. The summed E-state index contributed by atoms with van der Waals surface area (Å²) in [6, 6.07) is 17.8. The maximum Gasteiger partial charge on any atom is 0.140 e. The molecule has 2 aromatic carbocycles. The van der Waals surface area contributed by atoms with Crippen molar-refractivity contribution in [2.75, 3.05) is 13.2 Å². The van der Waals surface area contributed by atoms with Crippen LogP contribution in [0.15, 0.2) is 59.1 Å². The fraction of sp³-hybridized carbons (Fsp3) is 0.318. The van der Waals surface area contributed by atoms with E-state index in [1.165, 1.54) is 0 Å². The Kier molecular flexibility index (Phi) is 6.63. The molecule has 0 bridgehead atoms. The molecule has 0 spiro atoms. The summed E-state index contributed by atoms with van der Waals surface area (Å²) < 4.78 is 16.8. The van der Waals surface area contributed by atoms with Crippen molar-refractivity contribution in [1.82, 2.24) is 5.16 Å². The van der Waals surface area contributed by atoms with Crippen molar-refractivity contribution in [3.05, 3.63) is 71.5 Å². The van der Waals surface area contributed by atoms with Gasteiger partial charge in [-0.1, -0.05) is 47.6 Å². The maximum absolute atomic E-state index is 9.34. The van der Waals surface area contributed by atoms with Gasteiger partial charge in [-0.2, -0.15) is 0 Å². The van der Waals surface area contributed by atoms with Crippen LogP contribution in [-0.2, 0) is 17.8 Å². The van der Waals surface area contributed by atoms with E-state index >= 15 is 0 Å². The summed E-state index contributed by atoms with van der Waals surface area (Å²) >= 11 is 0. The van der Waals surface area contributed by atoms with Gasteiger partial charge in [-0.25, -0.2) is 0 Å². The second-order valence-corrected chi connectivity index (χ2v) is 6.33. The highest BCUT2D eigenvalue weighted by atomic mass is 16.5. The van der Waals surface area contributed by atoms with Crippen LogP contribution in [0.4, 0.5) is 0 Å². The Labute approximate surface area is 159 Å². The van der Waals surface area contributed by atoms with Gasteiger partial charge in [-0.05, 0) is 31.5 Å². The molecule has 27 heavy (non-hydrogen) atoms. The molecule has 1 heterocycles. The van der Waals surface area contributed by atoms with Gasteiger partial charge in [-0.3, -0.25) is 0 Å². The summed E-state index contributed by atoms with van der Waals surface area (Å²) in [5, 5.41) is 13.5. The van der Waals surface area contributed by atoms with E-state index in [1.807, 2.05) is 68.4 Å². The van der Waals surface area contributed by atoms with Crippen LogP contribution in [0.2, 0.25) is 0 Å². The lowest BCUT2D eigenvalue weighted by Gasteiger charge is -2.14. The van der Waals surface area contributed by atoms with Gasteiger partial charge in [0.2, 0.25) is 0 Å². The van der Waals surface area contributed by atoms with Crippen molar-refractivity contribution in [1.29, 1.82) is 0 Å². The quantitative estimate of drug-likeness (QED) is 0.615. The summed E-state index contributed by atoms with van der Waals surface area (Å²) in [7, 11) is 0. The molecular formula is C22H25NO4. The first-order valence-corrected chi connectivity index (χ1v) is 9.16. The summed E-state index contributed by atoms with van der Waals surface area (Å²) in [5.41, 5.74) is 3.87. The fourth-order valence-corrected chi connectivity index (χ4v) is 2.94. The second kappa shape index (κ2) is 9.35. The van der Waals surface area contributed by atoms with Crippen molar-refractivity contribution >= 4 is 0 Å². The van der Waals surface area contributed by atoms with E-state index in [2.05, 4.69) is 5.16 Å². The van der Waals surface area contributed by atoms with Crippen molar-refractivity contribution < 1.29 is 19.1 Å². The molecule has 1 aromatic heterocycles. The van der Waals surface area contributed by atoms with Crippen molar-refractivity contribution in [3.8, 4) is 17.0 Å². The molecule has 142 valence electrons. The molecule has 0 unspecified atom stereocenters. The normalized spacial score (nSPS) is 12.1. The number of rotatable bonds is 9. The molecular weight excluding hydrogens is 342 g/mol. The predicted molar refractivity (Wildman–Crippen MR) is 104 cm³/mol. The Bertz CT molecular complexity index is 827. The first-order chi connectivity index (χ1) is 13.2. The minimum atomic E-state index is -0.171. The molecule has 5 nitrogen and oxygen atoms in total. The highest BCUT2D eigenvalue weighted by Gasteiger charge is 2.15. The predicted octanol–water partition coefficient (Wildman–Crippen LogP) is 4.17. The molecule has 0 fully saturated rings. The van der Waals surface area contributed by atoms with E-state index in [1.54, 1.807) is 0 Å². The van der Waals surface area contributed by atoms with Crippen molar-refractivity contribution in [2.24, 2.45) is 0 Å². The van der Waals surface area contributed by atoms with E-state index in [0.29, 0.717) is 19.6 Å². The van der Waals surface area contributed by atoms with Gasteiger partial charge in [0.1, 0.15) is 23.8 Å². The second-order valence-electron chi connectivity index (χ2n) is 6.33. The molecule has 0 radical (unpaired) electrons. The molecule has 3 aromatic rings. The number of aliphatic hydroxyl groups excluding tert-OH is 1. The zero-order valence-electron chi connectivity index (χ0n) is 15.7. The molecule has 0 saturated carbocycles. The average molecular weight is 367 g/mol. The molecule has 3 rings (SSSR count). The van der Waals surface area contributed by atoms with Gasteiger partial charge in [0.05, 0.1) is 18.3 Å². The third kappa shape index (κ3) is 4.96. The van der Waals surface area contributed by atoms with E-state index in [9.17, 15) is 5.11 Å². The van der Waals surface area contributed by atoms with Crippen molar-refractivity contribution in [3.63, 3.8) is 0 Å². The van der Waals surface area contributed by atoms with Crippen LogP contribution >= 0.6 is 0 Å². The maximum atomic E-state index is 9.34. The van der Waals surface area contributed by atoms with Crippen LogP contribution in [0.1, 0.15) is 23.8 Å². The smallest absolute Gasteiger partial charge is 0.140 e. The monoisotopic (exact) mass is 367 g/mol. The van der Waals surface area contributed by atoms with Crippen LogP contribution < -0.4 is 4.74 Å². The minimum Gasteiger partial charge on any atom is -0.489 e. The van der Waals surface area contributed by atoms with Crippen LogP contribution in [0.5, 0.6) is 5.75 Å². The number of aryl methyl sites for hydroxylation is 1. The van der Waals surface area contributed by atoms with Crippen molar-refractivity contribution in [2.45, 2.75) is 33.0 Å². The molecule has 0 aliphatic carbocycles. The largest absolute Gasteiger partial charge is 0.489 e. The Morgan fingerprint density at radius 1 is 1.07 bits per heavy atom. The van der Waals surface area contributed by atoms with E-state index in [4.69, 9.17) is 14.0 Å². The summed E-state index contributed by atoms with van der Waals surface area (Å²) in [5.74, 6) is 1.53. The summed E-state index contributed by atoms with van der Waals surface area (Å²) in [6.07, 6.45) is 0.503. The molecule has 0 aliphatic heterocycles. The molecule has 0 aliphatic rings. The van der Waals surface area contributed by atoms with E-state index in [0.717, 1.165) is 33.9 Å². The lowest BCUT2D eigenvalue weighted by molar-refractivity contribution is 0.0207. The topological polar surface area (TPSA) is 64.7 Å². The molecule has 5 heteroatoms. The van der Waals surface area contributed by atoms with Gasteiger partial charge in [0.15, 0.2) is 0 Å². The Hall–Kier alpha value is -2.63. The van der Waals surface area contributed by atoms with Gasteiger partial charge >= 0.3 is 0 Å². The average Bonchev–Trinajstić information content (AvgIpc) is 3.08. The zero-order valence-corrected chi connectivity index (χ0v) is 15.7. The third-order valence-electron chi connectivity index (χ3n) is 4.41. The van der Waals surface area contributed by atoms with E-state index in [-0.39, 0.29) is 12.7 Å². The van der Waals surface area contributed by atoms with Gasteiger partial charge < -0.3 is 19.1 Å². The molecule has 1 atom stereocenters. The van der Waals surface area contributed by atoms with Gasteiger partial charge in [-0.15, -0.1) is 0 Å². The first kappa shape index (κ1) is 19.1. The highest BCUT2D eigenvalue weighted by Crippen LogP contribution is 2.26. The fourth-order valence-electron chi connectivity index (χ4n) is 2.94. The number of benzene rings is 2. The SMILES string of the molecule is CCO[C@H](CO)Cc1ccc(OCc2c(-c3ccccc3)noc2C)cc1. The first-order valence-electron chi connectivity index (χ1n) is 9.16. The Morgan fingerprint density at radius 2 is 1.81 bits per heavy atom. The van der Waals surface area contributed by atoms with E-state index < -0.39 is 0 Å². The minimum absolute atomic E-state index is 0.0150. The molecule has 1 N–H and O–H groups in total. The highest BCUT2D eigenvalue weighted by molar-refractivity contribution is 5.63. The van der Waals surface area contributed by atoms with Gasteiger partial charge in [0.25, 0.3) is 0 Å². The van der Waals surface area contributed by atoms with Gasteiger partial charge in [0, 0.05) is 18.6 Å². The standard InChI is InChI=1S/C22H25NO4/c1-3-25-20(14-24)13-17-9-11-19(12-10-17)26-15-21-16(2)27-23-22(21)18-7-5-4-6-8-18/h4-12,20,24H,3,13-15H2,1-2H3/t20-/m0/s1. The van der Waals surface area contributed by atoms with Crippen LogP contribution in [-0.4, -0.2) is 29.6 Å². The van der Waals surface area contributed by atoms with Crippen LogP contribution in [0, 0.1) is 6.92 Å². The number of aliphatic hydroxyl groups is 1. The number of ether oxygens (including phenoxy) is 2. The Balaban J connectivity index is 1.65. The summed E-state index contributed by atoms with van der Waals surface area (Å²) in [6.45, 7) is 4.81. The number of hydrogen-bond donors (Lipinski definition) is 1. The molecule has 0 saturated heterocycles. The third-order valence-corrected chi connectivity index (χ3v) is 4.41. The number of nitrogens with zero attached hydrogens (tertiary/aromatic N) is 1. The zero-order chi connectivity index (χ0) is 19.1. The lowest BCUT2D eigenvalue weighted by atomic mass is 10.1. The Morgan fingerprint density at radius 3 is 2.48 bits per heavy atom. The number of aromatic nitrogens is 1. The summed E-state index contributed by atoms with van der Waals surface area (Å²) in [4.78, 5) is 0.